The van der Waals surface area contributed by atoms with E-state index in [1.807, 2.05) is 42.1 Å². The van der Waals surface area contributed by atoms with Crippen molar-refractivity contribution < 1.29 is 4.74 Å². The second-order valence-corrected chi connectivity index (χ2v) is 4.73. The molecular formula is C13H16BrN3O. The Labute approximate surface area is 115 Å². The minimum Gasteiger partial charge on any atom is -0.488 e. The molecule has 0 saturated carbocycles. The van der Waals surface area contributed by atoms with Crippen molar-refractivity contribution in [3.63, 3.8) is 0 Å². The Hall–Kier alpha value is -1.49. The fourth-order valence-corrected chi connectivity index (χ4v) is 1.79. The van der Waals surface area contributed by atoms with Gasteiger partial charge < -0.3 is 10.1 Å². The number of aromatic nitrogens is 2. The third kappa shape index (κ3) is 3.77. The molecule has 2 rings (SSSR count). The Morgan fingerprint density at radius 1 is 1.33 bits per heavy atom. The van der Waals surface area contributed by atoms with Crippen LogP contribution >= 0.6 is 15.9 Å². The van der Waals surface area contributed by atoms with Gasteiger partial charge in [-0.3, -0.25) is 4.68 Å². The standard InChI is InChI=1S/C13H16BrN3O/c1-2-17-10-13(9-16-17)18-8-7-15-12-5-3-11(14)4-6-12/h3-6,9-10,15H,2,7-8H2,1H3. The first-order valence-electron chi connectivity index (χ1n) is 5.92. The molecule has 0 amide bonds. The number of nitrogens with zero attached hydrogens (tertiary/aromatic N) is 2. The lowest BCUT2D eigenvalue weighted by Crippen LogP contribution is -2.11. The molecular weight excluding hydrogens is 294 g/mol. The fraction of sp³-hybridized carbons (Fsp3) is 0.308. The predicted octanol–water partition coefficient (Wildman–Crippen LogP) is 3.16. The van der Waals surface area contributed by atoms with Crippen LogP contribution in [0.5, 0.6) is 5.75 Å². The Bertz CT molecular complexity index is 481. The summed E-state index contributed by atoms with van der Waals surface area (Å²) >= 11 is 3.41. The molecule has 0 spiro atoms. The molecule has 4 nitrogen and oxygen atoms in total. The average molecular weight is 310 g/mol. The van der Waals surface area contributed by atoms with Crippen LogP contribution in [0.2, 0.25) is 0 Å². The zero-order valence-corrected chi connectivity index (χ0v) is 11.9. The van der Waals surface area contributed by atoms with Gasteiger partial charge in [0.15, 0.2) is 5.75 Å². The van der Waals surface area contributed by atoms with Crippen molar-refractivity contribution in [3.05, 3.63) is 41.1 Å². The van der Waals surface area contributed by atoms with Crippen LogP contribution in [0, 0.1) is 0 Å². The SMILES string of the molecule is CCn1cc(OCCNc2ccc(Br)cc2)cn1. The van der Waals surface area contributed by atoms with Crippen molar-refractivity contribution in [1.82, 2.24) is 9.78 Å². The van der Waals surface area contributed by atoms with Gasteiger partial charge in [-0.25, -0.2) is 0 Å². The van der Waals surface area contributed by atoms with Crippen molar-refractivity contribution in [3.8, 4) is 5.75 Å². The van der Waals surface area contributed by atoms with E-state index in [-0.39, 0.29) is 0 Å². The van der Waals surface area contributed by atoms with Crippen LogP contribution in [0.25, 0.3) is 0 Å². The van der Waals surface area contributed by atoms with Gasteiger partial charge in [0.05, 0.1) is 12.4 Å². The van der Waals surface area contributed by atoms with Crippen LogP contribution in [0.3, 0.4) is 0 Å². The number of rotatable bonds is 6. The van der Waals surface area contributed by atoms with Gasteiger partial charge >= 0.3 is 0 Å². The van der Waals surface area contributed by atoms with Crippen LogP contribution in [0.4, 0.5) is 5.69 Å². The molecule has 1 N–H and O–H groups in total. The first kappa shape index (κ1) is 13.0. The topological polar surface area (TPSA) is 39.1 Å². The number of aryl methyl sites for hydroxylation is 1. The van der Waals surface area contributed by atoms with Crippen LogP contribution in [0.1, 0.15) is 6.92 Å². The van der Waals surface area contributed by atoms with E-state index in [1.54, 1.807) is 6.20 Å². The molecule has 0 aliphatic heterocycles. The van der Waals surface area contributed by atoms with E-state index in [4.69, 9.17) is 4.74 Å². The molecule has 1 aromatic carbocycles. The molecule has 0 unspecified atom stereocenters. The molecule has 0 atom stereocenters. The Kier molecular flexibility index (Phi) is 4.64. The molecule has 0 saturated heterocycles. The Balaban J connectivity index is 1.71. The van der Waals surface area contributed by atoms with Crippen molar-refractivity contribution in [2.75, 3.05) is 18.5 Å². The second-order valence-electron chi connectivity index (χ2n) is 3.81. The number of halogens is 1. The van der Waals surface area contributed by atoms with Gasteiger partial charge in [-0.2, -0.15) is 5.10 Å². The molecule has 96 valence electrons. The third-order valence-electron chi connectivity index (χ3n) is 2.48. The molecule has 0 radical (unpaired) electrons. The van der Waals surface area contributed by atoms with E-state index in [2.05, 4.69) is 26.3 Å². The van der Waals surface area contributed by atoms with E-state index in [0.29, 0.717) is 6.61 Å². The van der Waals surface area contributed by atoms with E-state index >= 15 is 0 Å². The van der Waals surface area contributed by atoms with E-state index in [1.165, 1.54) is 0 Å². The summed E-state index contributed by atoms with van der Waals surface area (Å²) in [6, 6.07) is 8.07. The summed E-state index contributed by atoms with van der Waals surface area (Å²) in [5.41, 5.74) is 1.09. The normalized spacial score (nSPS) is 10.3. The van der Waals surface area contributed by atoms with Gasteiger partial charge in [-0.15, -0.1) is 0 Å². The summed E-state index contributed by atoms with van der Waals surface area (Å²) in [6.45, 7) is 4.29. The van der Waals surface area contributed by atoms with Crippen LogP contribution < -0.4 is 10.1 Å². The van der Waals surface area contributed by atoms with Crippen LogP contribution in [-0.4, -0.2) is 22.9 Å². The van der Waals surface area contributed by atoms with E-state index in [9.17, 15) is 0 Å². The molecule has 5 heteroatoms. The van der Waals surface area contributed by atoms with Gasteiger partial charge in [-0.1, -0.05) is 15.9 Å². The van der Waals surface area contributed by atoms with Gasteiger partial charge in [-0.05, 0) is 31.2 Å². The minimum absolute atomic E-state index is 0.617. The smallest absolute Gasteiger partial charge is 0.157 e. The van der Waals surface area contributed by atoms with Gasteiger partial charge in [0.1, 0.15) is 6.61 Å². The highest BCUT2D eigenvalue weighted by Crippen LogP contribution is 2.14. The second kappa shape index (κ2) is 6.44. The van der Waals surface area contributed by atoms with Gasteiger partial charge in [0.25, 0.3) is 0 Å². The molecule has 1 aromatic heterocycles. The number of ether oxygens (including phenoxy) is 1. The van der Waals surface area contributed by atoms with E-state index in [0.717, 1.165) is 29.0 Å². The summed E-state index contributed by atoms with van der Waals surface area (Å²) in [5, 5.41) is 7.44. The molecule has 0 aliphatic carbocycles. The maximum Gasteiger partial charge on any atom is 0.157 e. The number of benzene rings is 1. The summed E-state index contributed by atoms with van der Waals surface area (Å²) in [7, 11) is 0. The zero-order valence-electron chi connectivity index (χ0n) is 10.3. The van der Waals surface area contributed by atoms with Gasteiger partial charge in [0, 0.05) is 23.2 Å². The number of anilines is 1. The minimum atomic E-state index is 0.617. The van der Waals surface area contributed by atoms with Crippen molar-refractivity contribution in [2.45, 2.75) is 13.5 Å². The maximum atomic E-state index is 5.58. The molecule has 2 aromatic rings. The Morgan fingerprint density at radius 2 is 2.11 bits per heavy atom. The predicted molar refractivity (Wildman–Crippen MR) is 76.0 cm³/mol. The number of hydrogen-bond donors (Lipinski definition) is 1. The summed E-state index contributed by atoms with van der Waals surface area (Å²) in [4.78, 5) is 0. The summed E-state index contributed by atoms with van der Waals surface area (Å²) < 4.78 is 8.50. The van der Waals surface area contributed by atoms with Crippen molar-refractivity contribution in [1.29, 1.82) is 0 Å². The highest BCUT2D eigenvalue weighted by Gasteiger charge is 1.97. The molecule has 1 heterocycles. The van der Waals surface area contributed by atoms with Gasteiger partial charge in [0.2, 0.25) is 0 Å². The van der Waals surface area contributed by atoms with E-state index < -0.39 is 0 Å². The maximum absolute atomic E-state index is 5.58. The van der Waals surface area contributed by atoms with Crippen molar-refractivity contribution >= 4 is 21.6 Å². The third-order valence-corrected chi connectivity index (χ3v) is 3.01. The number of nitrogens with one attached hydrogen (secondary N) is 1. The molecule has 0 bridgehead atoms. The lowest BCUT2D eigenvalue weighted by Gasteiger charge is -2.07. The van der Waals surface area contributed by atoms with Crippen LogP contribution in [-0.2, 0) is 6.54 Å². The highest BCUT2D eigenvalue weighted by atomic mass is 79.9. The summed E-state index contributed by atoms with van der Waals surface area (Å²) in [6.07, 6.45) is 3.64. The molecule has 0 fully saturated rings. The monoisotopic (exact) mass is 309 g/mol. The molecule has 18 heavy (non-hydrogen) atoms. The zero-order chi connectivity index (χ0) is 12.8. The molecule has 0 aliphatic rings. The van der Waals surface area contributed by atoms with Crippen LogP contribution in [0.15, 0.2) is 41.1 Å². The number of hydrogen-bond acceptors (Lipinski definition) is 3. The average Bonchev–Trinajstić information content (AvgIpc) is 2.85. The first-order chi connectivity index (χ1) is 8.78. The Morgan fingerprint density at radius 3 is 2.78 bits per heavy atom. The lowest BCUT2D eigenvalue weighted by atomic mass is 10.3. The lowest BCUT2D eigenvalue weighted by molar-refractivity contribution is 0.332. The summed E-state index contributed by atoms with van der Waals surface area (Å²) in [5.74, 6) is 0.814. The van der Waals surface area contributed by atoms with Crippen molar-refractivity contribution in [2.24, 2.45) is 0 Å². The fourth-order valence-electron chi connectivity index (χ4n) is 1.52. The largest absolute Gasteiger partial charge is 0.488 e. The first-order valence-corrected chi connectivity index (χ1v) is 6.72. The highest BCUT2D eigenvalue weighted by molar-refractivity contribution is 9.10. The quantitative estimate of drug-likeness (QED) is 0.833.